The quantitative estimate of drug-likeness (QED) is 0.417. The summed E-state index contributed by atoms with van der Waals surface area (Å²) in [6, 6.07) is 10.7. The molecule has 0 bridgehead atoms. The van der Waals surface area contributed by atoms with E-state index in [1.54, 1.807) is 7.11 Å². The molecule has 2 atom stereocenters. The number of methoxy groups -OCH3 is 1. The van der Waals surface area contributed by atoms with Crippen LogP contribution in [0.1, 0.15) is 32.3 Å². The summed E-state index contributed by atoms with van der Waals surface area (Å²) < 4.78 is 5.13. The lowest BCUT2D eigenvalue weighted by molar-refractivity contribution is 0.179. The molecule has 0 aromatic heterocycles. The predicted octanol–water partition coefficient (Wildman–Crippen LogP) is 3.00. The van der Waals surface area contributed by atoms with Crippen molar-refractivity contribution in [2.24, 2.45) is 4.99 Å². The van der Waals surface area contributed by atoms with E-state index >= 15 is 0 Å². The number of nitrogens with one attached hydrogen (secondary N) is 2. The summed E-state index contributed by atoms with van der Waals surface area (Å²) in [7, 11) is 1.71. The largest absolute Gasteiger partial charge is 0.383 e. The number of aliphatic imine (C=N–C) groups is 1. The Morgan fingerprint density at radius 1 is 1.24 bits per heavy atom. The summed E-state index contributed by atoms with van der Waals surface area (Å²) >= 11 is 0. The fraction of sp³-hybridized carbons (Fsp3) is 0.562. The molecule has 2 unspecified atom stereocenters. The molecule has 5 heteroatoms. The summed E-state index contributed by atoms with van der Waals surface area (Å²) in [5.74, 6) is 1.25. The lowest BCUT2D eigenvalue weighted by Gasteiger charge is -2.18. The standard InChI is InChI=1S/C16H27N3O.HI/c1-5-17-16(19-14(3)12-20-4)18-11-13(2)15-9-7-6-8-10-15;/h6-10,13-14H,5,11-12H2,1-4H3,(H2,17,18,19);1H. The lowest BCUT2D eigenvalue weighted by atomic mass is 10.0. The number of rotatable bonds is 7. The molecule has 2 N–H and O–H groups in total. The number of benzene rings is 1. The van der Waals surface area contributed by atoms with Gasteiger partial charge in [0.2, 0.25) is 0 Å². The molecular weight excluding hydrogens is 377 g/mol. The van der Waals surface area contributed by atoms with E-state index in [2.05, 4.69) is 60.7 Å². The Labute approximate surface area is 145 Å². The minimum atomic E-state index is 0. The smallest absolute Gasteiger partial charge is 0.191 e. The van der Waals surface area contributed by atoms with Crippen molar-refractivity contribution in [1.82, 2.24) is 10.6 Å². The maximum absolute atomic E-state index is 5.13. The topological polar surface area (TPSA) is 45.7 Å². The van der Waals surface area contributed by atoms with Crippen LogP contribution in [0.15, 0.2) is 35.3 Å². The molecule has 0 spiro atoms. The Morgan fingerprint density at radius 3 is 2.48 bits per heavy atom. The van der Waals surface area contributed by atoms with Crippen LogP contribution in [-0.2, 0) is 4.74 Å². The van der Waals surface area contributed by atoms with Crippen LogP contribution in [0.2, 0.25) is 0 Å². The summed E-state index contributed by atoms with van der Waals surface area (Å²) in [6.45, 7) is 8.62. The highest BCUT2D eigenvalue weighted by Crippen LogP contribution is 2.14. The number of nitrogens with zero attached hydrogens (tertiary/aromatic N) is 1. The second kappa shape index (κ2) is 11.8. The van der Waals surface area contributed by atoms with Gasteiger partial charge in [0.05, 0.1) is 6.61 Å². The molecule has 0 aliphatic carbocycles. The van der Waals surface area contributed by atoms with Crippen molar-refractivity contribution in [2.75, 3.05) is 26.8 Å². The molecule has 0 heterocycles. The zero-order valence-corrected chi connectivity index (χ0v) is 15.8. The highest BCUT2D eigenvalue weighted by Gasteiger charge is 2.07. The molecule has 1 aromatic rings. The molecule has 0 aliphatic rings. The average molecular weight is 405 g/mol. The van der Waals surface area contributed by atoms with Crippen molar-refractivity contribution in [3.05, 3.63) is 35.9 Å². The van der Waals surface area contributed by atoms with Gasteiger partial charge in [-0.15, -0.1) is 24.0 Å². The highest BCUT2D eigenvalue weighted by atomic mass is 127. The Kier molecular flexibility index (Phi) is 11.3. The number of guanidine groups is 1. The molecule has 0 amide bonds. The van der Waals surface area contributed by atoms with Gasteiger partial charge < -0.3 is 15.4 Å². The van der Waals surface area contributed by atoms with Crippen LogP contribution in [0.3, 0.4) is 0 Å². The average Bonchev–Trinajstić information content (AvgIpc) is 2.46. The molecular formula is C16H28IN3O. The molecule has 120 valence electrons. The van der Waals surface area contributed by atoms with Crippen molar-refractivity contribution in [1.29, 1.82) is 0 Å². The van der Waals surface area contributed by atoms with Gasteiger partial charge in [0.15, 0.2) is 5.96 Å². The minimum absolute atomic E-state index is 0. The maximum atomic E-state index is 5.13. The van der Waals surface area contributed by atoms with Gasteiger partial charge >= 0.3 is 0 Å². The van der Waals surface area contributed by atoms with Crippen molar-refractivity contribution in [2.45, 2.75) is 32.7 Å². The summed E-state index contributed by atoms with van der Waals surface area (Å²) in [5, 5.41) is 6.60. The van der Waals surface area contributed by atoms with E-state index in [9.17, 15) is 0 Å². The lowest BCUT2D eigenvalue weighted by Crippen LogP contribution is -2.44. The van der Waals surface area contributed by atoms with Gasteiger partial charge in [-0.2, -0.15) is 0 Å². The van der Waals surface area contributed by atoms with Crippen LogP contribution in [0, 0.1) is 0 Å². The molecule has 4 nitrogen and oxygen atoms in total. The molecule has 1 aromatic carbocycles. The molecule has 0 aliphatic heterocycles. The fourth-order valence-electron chi connectivity index (χ4n) is 1.96. The first kappa shape index (κ1) is 20.2. The van der Waals surface area contributed by atoms with Gasteiger partial charge in [-0.3, -0.25) is 4.99 Å². The molecule has 0 fully saturated rings. The van der Waals surface area contributed by atoms with Gasteiger partial charge in [0, 0.05) is 32.2 Å². The molecule has 1 rings (SSSR count). The fourth-order valence-corrected chi connectivity index (χ4v) is 1.96. The molecule has 0 radical (unpaired) electrons. The summed E-state index contributed by atoms with van der Waals surface area (Å²) in [5.41, 5.74) is 1.32. The zero-order chi connectivity index (χ0) is 14.8. The van der Waals surface area contributed by atoms with E-state index in [1.165, 1.54) is 5.56 Å². The number of ether oxygens (including phenoxy) is 1. The minimum Gasteiger partial charge on any atom is -0.383 e. The van der Waals surface area contributed by atoms with E-state index in [0.29, 0.717) is 12.5 Å². The van der Waals surface area contributed by atoms with Gasteiger partial charge in [-0.1, -0.05) is 37.3 Å². The number of halogens is 1. The Hall–Kier alpha value is -0.820. The summed E-state index contributed by atoms with van der Waals surface area (Å²) in [6.07, 6.45) is 0. The molecule has 0 saturated carbocycles. The van der Waals surface area contributed by atoms with E-state index in [1.807, 2.05) is 6.07 Å². The van der Waals surface area contributed by atoms with E-state index < -0.39 is 0 Å². The van der Waals surface area contributed by atoms with Crippen LogP contribution in [0.25, 0.3) is 0 Å². The third-order valence-corrected chi connectivity index (χ3v) is 3.04. The third kappa shape index (κ3) is 8.26. The van der Waals surface area contributed by atoms with Gasteiger partial charge in [-0.05, 0) is 19.4 Å². The molecule has 0 saturated heterocycles. The Bertz CT molecular complexity index is 398. The van der Waals surface area contributed by atoms with Crippen LogP contribution < -0.4 is 10.6 Å². The third-order valence-electron chi connectivity index (χ3n) is 3.04. The first-order valence-corrected chi connectivity index (χ1v) is 7.26. The van der Waals surface area contributed by atoms with Crippen molar-refractivity contribution in [3.8, 4) is 0 Å². The van der Waals surface area contributed by atoms with E-state index in [-0.39, 0.29) is 30.0 Å². The van der Waals surface area contributed by atoms with Crippen LogP contribution in [0.4, 0.5) is 0 Å². The summed E-state index contributed by atoms with van der Waals surface area (Å²) in [4.78, 5) is 4.65. The van der Waals surface area contributed by atoms with Crippen molar-refractivity contribution >= 4 is 29.9 Å². The number of hydrogen-bond donors (Lipinski definition) is 2. The molecule has 21 heavy (non-hydrogen) atoms. The normalized spacial score (nSPS) is 14.0. The monoisotopic (exact) mass is 405 g/mol. The predicted molar refractivity (Wildman–Crippen MR) is 101 cm³/mol. The first-order valence-electron chi connectivity index (χ1n) is 7.26. The van der Waals surface area contributed by atoms with Crippen molar-refractivity contribution in [3.63, 3.8) is 0 Å². The van der Waals surface area contributed by atoms with E-state index in [0.717, 1.165) is 19.0 Å². The van der Waals surface area contributed by atoms with Crippen LogP contribution >= 0.6 is 24.0 Å². The second-order valence-corrected chi connectivity index (χ2v) is 5.03. The van der Waals surface area contributed by atoms with Crippen LogP contribution in [-0.4, -0.2) is 38.8 Å². The highest BCUT2D eigenvalue weighted by molar-refractivity contribution is 14.0. The first-order chi connectivity index (χ1) is 9.67. The second-order valence-electron chi connectivity index (χ2n) is 5.03. The maximum Gasteiger partial charge on any atom is 0.191 e. The SMILES string of the molecule is CCNC(=NCC(C)c1ccccc1)NC(C)COC.I. The Balaban J connectivity index is 0.00000400. The van der Waals surface area contributed by atoms with E-state index in [4.69, 9.17) is 4.74 Å². The van der Waals surface area contributed by atoms with Crippen LogP contribution in [0.5, 0.6) is 0 Å². The van der Waals surface area contributed by atoms with Gasteiger partial charge in [0.25, 0.3) is 0 Å². The van der Waals surface area contributed by atoms with Crippen molar-refractivity contribution < 1.29 is 4.74 Å². The zero-order valence-electron chi connectivity index (χ0n) is 13.4. The van der Waals surface area contributed by atoms with Gasteiger partial charge in [-0.25, -0.2) is 0 Å². The Morgan fingerprint density at radius 2 is 1.90 bits per heavy atom. The van der Waals surface area contributed by atoms with Gasteiger partial charge in [0.1, 0.15) is 0 Å². The number of hydrogen-bond acceptors (Lipinski definition) is 2.